The van der Waals surface area contributed by atoms with Crippen molar-refractivity contribution < 1.29 is 42.9 Å². The number of hydrogen-bond donors (Lipinski definition) is 0. The Morgan fingerprint density at radius 1 is 0.280 bits per heavy atom. The van der Waals surface area contributed by atoms with Crippen molar-refractivity contribution in [3.8, 4) is 0 Å². The number of esters is 2. The van der Waals surface area contributed by atoms with E-state index in [2.05, 4.69) is 245 Å². The van der Waals surface area contributed by atoms with Gasteiger partial charge < -0.3 is 33.3 Å². The summed E-state index contributed by atoms with van der Waals surface area (Å²) in [4.78, 5) is 37.7. The topological polar surface area (TPSA) is 111 Å². The third kappa shape index (κ3) is 86.5. The number of nitrogens with zero attached hydrogens (tertiary/aromatic N) is 1. The maximum atomic E-state index is 13.0. The van der Waals surface area contributed by atoms with Gasteiger partial charge in [0, 0.05) is 12.8 Å². The molecule has 600 valence electrons. The van der Waals surface area contributed by atoms with Gasteiger partial charge in [0.2, 0.25) is 0 Å². The minimum Gasteiger partial charge on any atom is -0.545 e. The van der Waals surface area contributed by atoms with E-state index in [-0.39, 0.29) is 38.6 Å². The van der Waals surface area contributed by atoms with Crippen molar-refractivity contribution in [3.05, 3.63) is 231 Å². The van der Waals surface area contributed by atoms with Crippen LogP contribution < -0.4 is 5.11 Å². The van der Waals surface area contributed by atoms with Crippen molar-refractivity contribution in [1.29, 1.82) is 0 Å². The van der Waals surface area contributed by atoms with Crippen molar-refractivity contribution in [1.82, 2.24) is 0 Å². The van der Waals surface area contributed by atoms with Crippen LogP contribution in [0, 0.1) is 0 Å². The number of carbonyl (C=O) groups excluding carboxylic acids is 3. The number of carbonyl (C=O) groups is 3. The van der Waals surface area contributed by atoms with E-state index < -0.39 is 24.3 Å². The first-order chi connectivity index (χ1) is 52.6. The Hall–Kier alpha value is -6.65. The van der Waals surface area contributed by atoms with Crippen LogP contribution in [-0.4, -0.2) is 82.3 Å². The van der Waals surface area contributed by atoms with Gasteiger partial charge in [-0.2, -0.15) is 0 Å². The molecule has 0 aromatic heterocycles. The van der Waals surface area contributed by atoms with Crippen LogP contribution in [0.4, 0.5) is 0 Å². The van der Waals surface area contributed by atoms with Crippen molar-refractivity contribution >= 4 is 17.9 Å². The number of rotatable bonds is 76. The summed E-state index contributed by atoms with van der Waals surface area (Å²) < 4.78 is 22.8. The smallest absolute Gasteiger partial charge is 0.306 e. The number of ether oxygens (including phenoxy) is 4. The lowest BCUT2D eigenvalue weighted by atomic mass is 10.0. The maximum Gasteiger partial charge on any atom is 0.306 e. The monoisotopic (exact) mass is 1470 g/mol. The van der Waals surface area contributed by atoms with E-state index in [1.807, 2.05) is 21.1 Å². The average Bonchev–Trinajstić information content (AvgIpc) is 0.965. The predicted molar refractivity (Wildman–Crippen MR) is 462 cm³/mol. The summed E-state index contributed by atoms with van der Waals surface area (Å²) in [5.74, 6) is -2.33. The molecule has 9 heteroatoms. The Morgan fingerprint density at radius 3 is 0.748 bits per heavy atom. The Bertz CT molecular complexity index is 2630. The second-order valence-electron chi connectivity index (χ2n) is 28.7. The van der Waals surface area contributed by atoms with E-state index in [4.69, 9.17) is 18.9 Å². The van der Waals surface area contributed by atoms with E-state index in [1.165, 1.54) is 109 Å². The molecule has 0 bridgehead atoms. The van der Waals surface area contributed by atoms with Gasteiger partial charge in [-0.15, -0.1) is 0 Å². The van der Waals surface area contributed by atoms with Crippen LogP contribution in [0.3, 0.4) is 0 Å². The molecule has 0 aliphatic carbocycles. The molecule has 0 spiro atoms. The highest BCUT2D eigenvalue weighted by atomic mass is 16.7. The quantitative estimate of drug-likeness (QED) is 0.0195. The first-order valence-electron chi connectivity index (χ1n) is 42.5. The van der Waals surface area contributed by atoms with Crippen LogP contribution in [0.5, 0.6) is 0 Å². The molecule has 0 N–H and O–H groups in total. The van der Waals surface area contributed by atoms with Gasteiger partial charge in [0.05, 0.1) is 40.3 Å². The van der Waals surface area contributed by atoms with Crippen LogP contribution in [-0.2, 0) is 33.3 Å². The van der Waals surface area contributed by atoms with Gasteiger partial charge in [-0.05, 0) is 161 Å². The summed E-state index contributed by atoms with van der Waals surface area (Å²) in [6.45, 7) is 4.48. The van der Waals surface area contributed by atoms with Gasteiger partial charge in [0.25, 0.3) is 0 Å². The predicted octanol–water partition coefficient (Wildman–Crippen LogP) is 26.8. The normalized spacial score (nSPS) is 13.8. The van der Waals surface area contributed by atoms with Gasteiger partial charge in [-0.25, -0.2) is 0 Å². The van der Waals surface area contributed by atoms with Crippen molar-refractivity contribution in [2.75, 3.05) is 47.5 Å². The zero-order chi connectivity index (χ0) is 77.4. The fourth-order valence-electron chi connectivity index (χ4n) is 11.0. The highest BCUT2D eigenvalue weighted by Crippen LogP contribution is 2.17. The second-order valence-corrected chi connectivity index (χ2v) is 28.7. The lowest BCUT2D eigenvalue weighted by Crippen LogP contribution is -2.44. The molecule has 0 rings (SSSR count). The van der Waals surface area contributed by atoms with Crippen LogP contribution in [0.25, 0.3) is 0 Å². The number of likely N-dealkylation sites (N-methyl/N-ethyl adjacent to an activating group) is 1. The summed E-state index contributed by atoms with van der Waals surface area (Å²) in [5, 5.41) is 11.9. The third-order valence-corrected chi connectivity index (χ3v) is 17.4. The number of carboxylic acid groups (broad SMARTS) is 1. The molecule has 0 radical (unpaired) electrons. The first kappa shape index (κ1) is 100. The highest BCUT2D eigenvalue weighted by Gasteiger charge is 2.22. The molecule has 0 amide bonds. The first-order valence-corrected chi connectivity index (χ1v) is 42.5. The molecule has 9 nitrogen and oxygen atoms in total. The molecular formula is C98H155NO8. The Balaban J connectivity index is 4.13. The van der Waals surface area contributed by atoms with E-state index in [1.54, 1.807) is 0 Å². The highest BCUT2D eigenvalue weighted by molar-refractivity contribution is 5.70. The van der Waals surface area contributed by atoms with Crippen LogP contribution in [0.15, 0.2) is 231 Å². The summed E-state index contributed by atoms with van der Waals surface area (Å²) in [6.07, 6.45) is 132. The van der Waals surface area contributed by atoms with Crippen LogP contribution >= 0.6 is 0 Å². The van der Waals surface area contributed by atoms with Gasteiger partial charge in [0.15, 0.2) is 12.4 Å². The summed E-state index contributed by atoms with van der Waals surface area (Å²) in [6, 6.07) is 0. The third-order valence-electron chi connectivity index (χ3n) is 17.4. The Kier molecular flexibility index (Phi) is 79.7. The van der Waals surface area contributed by atoms with Gasteiger partial charge in [0.1, 0.15) is 13.2 Å². The fourth-order valence-corrected chi connectivity index (χ4v) is 11.0. The zero-order valence-corrected chi connectivity index (χ0v) is 68.7. The molecule has 0 saturated carbocycles. The number of hydrogen-bond acceptors (Lipinski definition) is 8. The van der Waals surface area contributed by atoms with E-state index in [9.17, 15) is 19.5 Å². The van der Waals surface area contributed by atoms with E-state index in [0.29, 0.717) is 17.4 Å². The lowest BCUT2D eigenvalue weighted by Gasteiger charge is -2.26. The number of quaternary nitrogens is 1. The second kappa shape index (κ2) is 85.0. The molecule has 2 atom stereocenters. The summed E-state index contributed by atoms with van der Waals surface area (Å²) in [5.41, 5.74) is 0. The SMILES string of the molecule is CC/C=C\C/C=C\C/C=C\C/C=C\C/C=C\C/C=C\C/C=C\C/C=C\C/C=C\C/C=C\C/C=C\C/C=C\CCCCCCC(=O)OC(COC(=O)CCCCCCCCCCCCCCCCCCCCC/C=C\C/C=C\C/C=C\C/C=C\C/C=C\C/C=C\C/C=C\CC)COC(OCC[N+](C)(C)C)C(=O)[O-]. The van der Waals surface area contributed by atoms with E-state index >= 15 is 0 Å². The van der Waals surface area contributed by atoms with Crippen molar-refractivity contribution in [2.45, 2.75) is 322 Å². The standard InChI is InChI=1S/C98H155NO8/c1-6-8-10-12-14-16-18-20-22-24-26-28-30-32-34-36-38-40-42-44-46-48-50-52-54-56-58-60-62-64-66-68-70-72-74-76-78-80-82-84-86-88-95(100)105-92-94(93-106-98(97(102)103)104-91-90-99(3,4)5)107-96(101)89-87-85-83-81-79-77-75-73-71-69-67-65-63-61-59-57-55-53-51-49-47-45-43-41-39-37-35-33-31-29-27-25-23-21-19-17-15-13-11-9-7-2/h8-11,14-17,20-23,26-29,32-35,38-41,44-47,51,53,57,59,63,65,69,71,75,77,94,98H,6-7,12-13,18-19,24-25,30-31,36-37,42-43,48-50,52,54-56,58,60-62,64,66-68,70,72-74,76,78-93H2,1-5H3/b10-8-,11-9-,16-14-,17-15-,22-20-,23-21-,28-26-,29-27-,34-32-,35-33-,40-38-,41-39-,46-44-,47-45-,53-51-,59-57-,65-63-,71-69-,77-75-. The molecule has 2 unspecified atom stereocenters. The molecule has 0 aliphatic rings. The Labute approximate surface area is 657 Å². The Morgan fingerprint density at radius 2 is 0.505 bits per heavy atom. The number of aliphatic carboxylic acids is 1. The van der Waals surface area contributed by atoms with Crippen molar-refractivity contribution in [3.63, 3.8) is 0 Å². The fraction of sp³-hybridized carbons (Fsp3) is 0.582. The minimum atomic E-state index is -1.64. The molecule has 0 aromatic rings. The van der Waals surface area contributed by atoms with E-state index in [0.717, 1.165) is 167 Å². The summed E-state index contributed by atoms with van der Waals surface area (Å²) >= 11 is 0. The molecule has 0 heterocycles. The minimum absolute atomic E-state index is 0.132. The zero-order valence-electron chi connectivity index (χ0n) is 68.7. The molecular weight excluding hydrogens is 1320 g/mol. The van der Waals surface area contributed by atoms with Gasteiger partial charge >= 0.3 is 11.9 Å². The van der Waals surface area contributed by atoms with Crippen molar-refractivity contribution in [2.24, 2.45) is 0 Å². The number of unbranched alkanes of at least 4 members (excludes halogenated alkanes) is 23. The molecule has 107 heavy (non-hydrogen) atoms. The molecule has 0 saturated heterocycles. The van der Waals surface area contributed by atoms with Gasteiger partial charge in [-0.3, -0.25) is 9.59 Å². The summed E-state index contributed by atoms with van der Waals surface area (Å²) in [7, 11) is 5.92. The number of allylic oxidation sites excluding steroid dienone is 38. The van der Waals surface area contributed by atoms with Gasteiger partial charge in [-0.1, -0.05) is 367 Å². The average molecular weight is 1480 g/mol. The maximum absolute atomic E-state index is 13.0. The van der Waals surface area contributed by atoms with Crippen LogP contribution in [0.2, 0.25) is 0 Å². The molecule has 0 aromatic carbocycles. The molecule has 0 aliphatic heterocycles. The number of carboxylic acids is 1. The van der Waals surface area contributed by atoms with Crippen LogP contribution in [0.1, 0.15) is 309 Å². The largest absolute Gasteiger partial charge is 0.545 e. The molecule has 0 fully saturated rings. The lowest BCUT2D eigenvalue weighted by molar-refractivity contribution is -0.870.